The number of rotatable bonds is 3. The summed E-state index contributed by atoms with van der Waals surface area (Å²) in [4.78, 5) is 4.99. The van der Waals surface area contributed by atoms with Crippen LogP contribution in [0.2, 0.25) is 0 Å². The van der Waals surface area contributed by atoms with E-state index >= 15 is 0 Å². The Bertz CT molecular complexity index is 178. The molecule has 1 aliphatic heterocycles. The number of hydrogen-bond donors (Lipinski definition) is 0. The molecule has 0 aromatic heterocycles. The van der Waals surface area contributed by atoms with Gasteiger partial charge in [-0.05, 0) is 12.5 Å². The van der Waals surface area contributed by atoms with Crippen LogP contribution in [-0.4, -0.2) is 43.8 Å². The smallest absolute Gasteiger partial charge is 0.0619 e. The van der Waals surface area contributed by atoms with Gasteiger partial charge in [-0.25, -0.2) is 0 Å². The van der Waals surface area contributed by atoms with Crippen LogP contribution in [0.4, 0.5) is 0 Å². The van der Waals surface area contributed by atoms with Gasteiger partial charge < -0.3 is 4.74 Å². The Morgan fingerprint density at radius 2 is 2.58 bits per heavy atom. The van der Waals surface area contributed by atoms with Crippen LogP contribution in [0.3, 0.4) is 0 Å². The van der Waals surface area contributed by atoms with Crippen molar-refractivity contribution in [2.45, 2.75) is 13.0 Å². The van der Waals surface area contributed by atoms with Crippen molar-refractivity contribution in [1.82, 2.24) is 4.90 Å². The van der Waals surface area contributed by atoms with Crippen molar-refractivity contribution >= 4 is 0 Å². The highest BCUT2D eigenvalue weighted by atomic mass is 16.5. The van der Waals surface area contributed by atoms with E-state index in [2.05, 4.69) is 21.8 Å². The molecule has 1 aliphatic rings. The van der Waals surface area contributed by atoms with Crippen LogP contribution in [-0.2, 0) is 4.74 Å². The largest absolute Gasteiger partial charge is 0.379 e. The normalized spacial score (nSPS) is 24.9. The van der Waals surface area contributed by atoms with Gasteiger partial charge in [0.15, 0.2) is 0 Å². The third kappa shape index (κ3) is 2.70. The molecule has 0 aliphatic carbocycles. The molecule has 0 bridgehead atoms. The molecule has 1 saturated heterocycles. The summed E-state index contributed by atoms with van der Waals surface area (Å²) in [5.74, 6) is 0. The zero-order valence-corrected chi connectivity index (χ0v) is 7.31. The van der Waals surface area contributed by atoms with Crippen molar-refractivity contribution in [3.05, 3.63) is 10.4 Å². The third-order valence-corrected chi connectivity index (χ3v) is 2.06. The number of morpholine rings is 1. The summed E-state index contributed by atoms with van der Waals surface area (Å²) in [5.41, 5.74) is 8.08. The zero-order chi connectivity index (χ0) is 8.81. The molecular formula is C7H14N4O. The Labute approximate surface area is 71.9 Å². The average molecular weight is 170 g/mol. The highest BCUT2D eigenvalue weighted by molar-refractivity contribution is 4.71. The summed E-state index contributed by atoms with van der Waals surface area (Å²) in [5, 5.41) is 3.50. The van der Waals surface area contributed by atoms with Gasteiger partial charge >= 0.3 is 0 Å². The molecule has 0 aromatic rings. The first-order valence-corrected chi connectivity index (χ1v) is 4.17. The Morgan fingerprint density at radius 1 is 1.75 bits per heavy atom. The molecule has 0 radical (unpaired) electrons. The Morgan fingerprint density at radius 3 is 3.25 bits per heavy atom. The average Bonchev–Trinajstić information content (AvgIpc) is 2.09. The third-order valence-electron chi connectivity index (χ3n) is 2.06. The molecule has 68 valence electrons. The Kier molecular flexibility index (Phi) is 3.87. The summed E-state index contributed by atoms with van der Waals surface area (Å²) in [6.45, 7) is 6.05. The van der Waals surface area contributed by atoms with Gasteiger partial charge in [-0.3, -0.25) is 4.90 Å². The first-order valence-electron chi connectivity index (χ1n) is 4.17. The van der Waals surface area contributed by atoms with Crippen LogP contribution >= 0.6 is 0 Å². The lowest BCUT2D eigenvalue weighted by atomic mass is 10.2. The predicted molar refractivity (Wildman–Crippen MR) is 45.9 cm³/mol. The van der Waals surface area contributed by atoms with E-state index in [0.717, 1.165) is 26.3 Å². The number of azide groups is 1. The second-order valence-corrected chi connectivity index (χ2v) is 2.91. The van der Waals surface area contributed by atoms with Gasteiger partial charge in [0.2, 0.25) is 0 Å². The van der Waals surface area contributed by atoms with E-state index in [9.17, 15) is 0 Å². The van der Waals surface area contributed by atoms with Crippen molar-refractivity contribution in [2.24, 2.45) is 5.11 Å². The highest BCUT2D eigenvalue weighted by Crippen LogP contribution is 2.04. The van der Waals surface area contributed by atoms with Crippen molar-refractivity contribution < 1.29 is 4.74 Å². The molecule has 0 amide bonds. The van der Waals surface area contributed by atoms with Gasteiger partial charge in [-0.1, -0.05) is 5.11 Å². The van der Waals surface area contributed by atoms with Gasteiger partial charge in [0.25, 0.3) is 0 Å². The SMILES string of the molecule is CC1COCCN1CCN=[N+]=[N-]. The fourth-order valence-corrected chi connectivity index (χ4v) is 1.31. The standard InChI is InChI=1S/C7H14N4O/c1-7-6-12-5-4-11(7)3-2-9-10-8/h7H,2-6H2,1H3. The van der Waals surface area contributed by atoms with E-state index in [1.807, 2.05) is 0 Å². The van der Waals surface area contributed by atoms with Crippen LogP contribution in [0, 0.1) is 0 Å². The van der Waals surface area contributed by atoms with Crippen LogP contribution in [0.5, 0.6) is 0 Å². The molecule has 0 spiro atoms. The first-order chi connectivity index (χ1) is 5.84. The monoisotopic (exact) mass is 170 g/mol. The van der Waals surface area contributed by atoms with E-state index < -0.39 is 0 Å². The van der Waals surface area contributed by atoms with Gasteiger partial charge in [0, 0.05) is 30.6 Å². The van der Waals surface area contributed by atoms with E-state index in [1.165, 1.54) is 0 Å². The van der Waals surface area contributed by atoms with Crippen LogP contribution in [0.25, 0.3) is 10.4 Å². The molecule has 0 aromatic carbocycles. The van der Waals surface area contributed by atoms with Gasteiger partial charge in [0.05, 0.1) is 13.2 Å². The van der Waals surface area contributed by atoms with Crippen molar-refractivity contribution in [3.63, 3.8) is 0 Å². The van der Waals surface area contributed by atoms with E-state index in [-0.39, 0.29) is 0 Å². The Hall–Kier alpha value is -0.770. The second kappa shape index (κ2) is 4.98. The fraction of sp³-hybridized carbons (Fsp3) is 1.00. The summed E-state index contributed by atoms with van der Waals surface area (Å²) in [7, 11) is 0. The van der Waals surface area contributed by atoms with Crippen molar-refractivity contribution in [1.29, 1.82) is 0 Å². The highest BCUT2D eigenvalue weighted by Gasteiger charge is 2.17. The predicted octanol–water partition coefficient (Wildman–Crippen LogP) is 1.02. The summed E-state index contributed by atoms with van der Waals surface area (Å²) >= 11 is 0. The number of hydrogen-bond acceptors (Lipinski definition) is 3. The van der Waals surface area contributed by atoms with Crippen molar-refractivity contribution in [3.8, 4) is 0 Å². The molecule has 5 nitrogen and oxygen atoms in total. The van der Waals surface area contributed by atoms with Gasteiger partial charge in [-0.15, -0.1) is 0 Å². The maximum absolute atomic E-state index is 8.08. The quantitative estimate of drug-likeness (QED) is 0.360. The van der Waals surface area contributed by atoms with Crippen molar-refractivity contribution in [2.75, 3.05) is 32.8 Å². The van der Waals surface area contributed by atoms with Crippen LogP contribution < -0.4 is 0 Å². The number of ether oxygens (including phenoxy) is 1. The van der Waals surface area contributed by atoms with Crippen LogP contribution in [0.1, 0.15) is 6.92 Å². The summed E-state index contributed by atoms with van der Waals surface area (Å²) in [6.07, 6.45) is 0. The topological polar surface area (TPSA) is 61.2 Å². The maximum atomic E-state index is 8.08. The minimum atomic E-state index is 0.452. The minimum absolute atomic E-state index is 0.452. The molecule has 0 N–H and O–H groups in total. The maximum Gasteiger partial charge on any atom is 0.0619 e. The minimum Gasteiger partial charge on any atom is -0.379 e. The molecular weight excluding hydrogens is 156 g/mol. The number of nitrogens with zero attached hydrogens (tertiary/aromatic N) is 4. The lowest BCUT2D eigenvalue weighted by Crippen LogP contribution is -2.44. The molecule has 1 atom stereocenters. The lowest BCUT2D eigenvalue weighted by Gasteiger charge is -2.32. The molecule has 12 heavy (non-hydrogen) atoms. The molecule has 1 fully saturated rings. The van der Waals surface area contributed by atoms with Crippen LogP contribution in [0.15, 0.2) is 5.11 Å². The summed E-state index contributed by atoms with van der Waals surface area (Å²) < 4.78 is 5.27. The van der Waals surface area contributed by atoms with E-state index in [0.29, 0.717) is 12.6 Å². The fourth-order valence-electron chi connectivity index (χ4n) is 1.31. The first kappa shape index (κ1) is 9.32. The molecule has 0 saturated carbocycles. The van der Waals surface area contributed by atoms with Gasteiger partial charge in [0.1, 0.15) is 0 Å². The van der Waals surface area contributed by atoms with Gasteiger partial charge in [-0.2, -0.15) is 0 Å². The molecule has 5 heteroatoms. The molecule has 1 heterocycles. The molecule has 1 rings (SSSR count). The summed E-state index contributed by atoms with van der Waals surface area (Å²) in [6, 6.07) is 0.452. The molecule has 1 unspecified atom stereocenters. The van der Waals surface area contributed by atoms with E-state index in [1.54, 1.807) is 0 Å². The zero-order valence-electron chi connectivity index (χ0n) is 7.31. The lowest BCUT2D eigenvalue weighted by molar-refractivity contribution is 0.00138. The Balaban J connectivity index is 2.24. The second-order valence-electron chi connectivity index (χ2n) is 2.91. The van der Waals surface area contributed by atoms with E-state index in [4.69, 9.17) is 10.3 Å².